The third-order valence-corrected chi connectivity index (χ3v) is 3.69. The van der Waals surface area contributed by atoms with Crippen LogP contribution in [0.3, 0.4) is 0 Å². The molecule has 0 heterocycles. The molecule has 0 aromatic heterocycles. The van der Waals surface area contributed by atoms with E-state index in [9.17, 15) is 9.90 Å². The average Bonchev–Trinajstić information content (AvgIpc) is 2.85. The highest BCUT2D eigenvalue weighted by atomic mass is 16.3. The molecule has 0 aliphatic heterocycles. The minimum Gasteiger partial charge on any atom is -0.392 e. The van der Waals surface area contributed by atoms with Crippen molar-refractivity contribution in [3.63, 3.8) is 0 Å². The van der Waals surface area contributed by atoms with Gasteiger partial charge in [0, 0.05) is 24.3 Å². The number of hydrogen-bond acceptors (Lipinski definition) is 2. The normalized spacial score (nSPS) is 20.6. The molecule has 0 saturated heterocycles. The average molecular weight is 300 g/mol. The summed E-state index contributed by atoms with van der Waals surface area (Å²) in [5.41, 5.74) is 0.822. The number of rotatable bonds is 8. The number of carbonyl (C=O) groups is 1. The lowest BCUT2D eigenvalue weighted by Crippen LogP contribution is -2.07. The fraction of sp³-hybridized carbons (Fsp3) is 0.550. The zero-order valence-electron chi connectivity index (χ0n) is 13.8. The van der Waals surface area contributed by atoms with Crippen molar-refractivity contribution < 1.29 is 9.90 Å². The molecule has 2 heteroatoms. The molecule has 0 radical (unpaired) electrons. The highest BCUT2D eigenvalue weighted by molar-refractivity contribution is 6.07. The van der Waals surface area contributed by atoms with Crippen molar-refractivity contribution in [3.8, 4) is 11.8 Å². The Kier molecular flexibility index (Phi) is 9.26. The largest absolute Gasteiger partial charge is 0.392 e. The van der Waals surface area contributed by atoms with Gasteiger partial charge in [-0.25, -0.2) is 0 Å². The summed E-state index contributed by atoms with van der Waals surface area (Å²) in [6, 6.07) is 0. The molecule has 1 N–H and O–H groups in total. The molecule has 0 saturated carbocycles. The van der Waals surface area contributed by atoms with E-state index in [1.165, 1.54) is 12.8 Å². The van der Waals surface area contributed by atoms with Gasteiger partial charge in [0.05, 0.1) is 6.10 Å². The van der Waals surface area contributed by atoms with Crippen molar-refractivity contribution >= 4 is 5.78 Å². The first-order valence-electron chi connectivity index (χ1n) is 8.40. The van der Waals surface area contributed by atoms with E-state index in [2.05, 4.69) is 30.9 Å². The fourth-order valence-corrected chi connectivity index (χ4v) is 2.39. The van der Waals surface area contributed by atoms with E-state index in [1.54, 1.807) is 6.08 Å². The lowest BCUT2D eigenvalue weighted by molar-refractivity contribution is -0.111. The van der Waals surface area contributed by atoms with Crippen molar-refractivity contribution in [3.05, 3.63) is 36.0 Å². The van der Waals surface area contributed by atoms with E-state index < -0.39 is 6.10 Å². The fourth-order valence-electron chi connectivity index (χ4n) is 2.39. The Bertz CT molecular complexity index is 486. The van der Waals surface area contributed by atoms with Gasteiger partial charge in [0.25, 0.3) is 0 Å². The summed E-state index contributed by atoms with van der Waals surface area (Å²) in [6.07, 6.45) is 15.6. The Morgan fingerprint density at radius 2 is 2.14 bits per heavy atom. The SMILES string of the molecule is CCC#CC[C@H](O)C/C=C1/C(=O)C=C[C@@H]1C/C=C\CCCC. The van der Waals surface area contributed by atoms with Crippen LogP contribution in [0.25, 0.3) is 0 Å². The van der Waals surface area contributed by atoms with Crippen molar-refractivity contribution in [2.45, 2.75) is 64.9 Å². The Balaban J connectivity index is 2.49. The van der Waals surface area contributed by atoms with Crippen LogP contribution in [0.5, 0.6) is 0 Å². The number of aliphatic hydroxyl groups excluding tert-OH is 1. The first-order valence-corrected chi connectivity index (χ1v) is 8.40. The van der Waals surface area contributed by atoms with Crippen LogP contribution in [-0.4, -0.2) is 17.0 Å². The summed E-state index contributed by atoms with van der Waals surface area (Å²) >= 11 is 0. The molecule has 0 unspecified atom stereocenters. The maximum atomic E-state index is 11.9. The molecule has 0 fully saturated rings. The molecular weight excluding hydrogens is 272 g/mol. The van der Waals surface area contributed by atoms with Crippen LogP contribution in [0.15, 0.2) is 36.0 Å². The second-order valence-corrected chi connectivity index (χ2v) is 5.64. The standard InChI is InChI=1S/C20H28O2/c1-3-5-7-8-10-11-17-13-16-20(22)19(17)15-14-18(21)12-9-6-4-2/h8,10,13,15-18,21H,3-5,7,11-12,14H2,1-2H3/b10-8-,19-15+/t17-,18-/m0/s1. The van der Waals surface area contributed by atoms with E-state index in [4.69, 9.17) is 0 Å². The summed E-state index contributed by atoms with van der Waals surface area (Å²) in [5.74, 6) is 6.14. The third kappa shape index (κ3) is 6.91. The maximum Gasteiger partial charge on any atom is 0.181 e. The third-order valence-electron chi connectivity index (χ3n) is 3.69. The predicted molar refractivity (Wildman–Crippen MR) is 92.3 cm³/mol. The molecule has 22 heavy (non-hydrogen) atoms. The summed E-state index contributed by atoms with van der Waals surface area (Å²) < 4.78 is 0. The van der Waals surface area contributed by atoms with Crippen LogP contribution in [-0.2, 0) is 4.79 Å². The number of ketones is 1. The monoisotopic (exact) mass is 300 g/mol. The molecule has 0 amide bonds. The van der Waals surface area contributed by atoms with Gasteiger partial charge >= 0.3 is 0 Å². The molecule has 120 valence electrons. The molecule has 0 bridgehead atoms. The Morgan fingerprint density at radius 3 is 2.86 bits per heavy atom. The highest BCUT2D eigenvalue weighted by Gasteiger charge is 2.21. The molecule has 1 aliphatic carbocycles. The minimum absolute atomic E-state index is 0.0822. The van der Waals surface area contributed by atoms with Gasteiger partial charge in [0.2, 0.25) is 0 Å². The molecule has 2 nitrogen and oxygen atoms in total. The molecule has 0 aromatic carbocycles. The Labute approximate surface area is 135 Å². The molecule has 0 aromatic rings. The summed E-state index contributed by atoms with van der Waals surface area (Å²) in [7, 11) is 0. The first-order chi connectivity index (χ1) is 10.7. The van der Waals surface area contributed by atoms with E-state index in [-0.39, 0.29) is 11.7 Å². The van der Waals surface area contributed by atoms with E-state index in [1.807, 2.05) is 19.1 Å². The van der Waals surface area contributed by atoms with Crippen LogP contribution in [0.1, 0.15) is 58.8 Å². The lowest BCUT2D eigenvalue weighted by Gasteiger charge is -2.09. The molecule has 1 aliphatic rings. The van der Waals surface area contributed by atoms with Crippen molar-refractivity contribution in [1.82, 2.24) is 0 Å². The predicted octanol–water partition coefficient (Wildman–Crippen LogP) is 4.36. The summed E-state index contributed by atoms with van der Waals surface area (Å²) in [4.78, 5) is 11.9. The van der Waals surface area contributed by atoms with Crippen LogP contribution < -0.4 is 0 Å². The van der Waals surface area contributed by atoms with Crippen molar-refractivity contribution in [2.24, 2.45) is 5.92 Å². The van der Waals surface area contributed by atoms with Gasteiger partial charge in [0.1, 0.15) is 0 Å². The van der Waals surface area contributed by atoms with Gasteiger partial charge in [-0.3, -0.25) is 4.79 Å². The van der Waals surface area contributed by atoms with Gasteiger partial charge in [-0.05, 0) is 25.3 Å². The lowest BCUT2D eigenvalue weighted by atomic mass is 9.96. The van der Waals surface area contributed by atoms with E-state index >= 15 is 0 Å². The van der Waals surface area contributed by atoms with Gasteiger partial charge in [-0.2, -0.15) is 0 Å². The second kappa shape index (κ2) is 11.0. The number of aliphatic hydroxyl groups is 1. The molecule has 2 atom stereocenters. The van der Waals surface area contributed by atoms with Crippen molar-refractivity contribution in [1.29, 1.82) is 0 Å². The first kappa shape index (κ1) is 18.5. The smallest absolute Gasteiger partial charge is 0.181 e. The van der Waals surface area contributed by atoms with E-state index in [0.717, 1.165) is 24.8 Å². The van der Waals surface area contributed by atoms with Crippen LogP contribution in [0.4, 0.5) is 0 Å². The maximum absolute atomic E-state index is 11.9. The van der Waals surface area contributed by atoms with Gasteiger partial charge < -0.3 is 5.11 Å². The van der Waals surface area contributed by atoms with Gasteiger partial charge in [0.15, 0.2) is 5.78 Å². The van der Waals surface area contributed by atoms with Crippen LogP contribution in [0.2, 0.25) is 0 Å². The van der Waals surface area contributed by atoms with Gasteiger partial charge in [-0.1, -0.05) is 51.0 Å². The van der Waals surface area contributed by atoms with Crippen molar-refractivity contribution in [2.75, 3.05) is 0 Å². The quantitative estimate of drug-likeness (QED) is 0.313. The second-order valence-electron chi connectivity index (χ2n) is 5.64. The zero-order chi connectivity index (χ0) is 16.2. The van der Waals surface area contributed by atoms with E-state index in [0.29, 0.717) is 12.8 Å². The Hall–Kier alpha value is -1.59. The number of allylic oxidation sites excluding steroid dienone is 5. The minimum atomic E-state index is -0.485. The Morgan fingerprint density at radius 1 is 1.32 bits per heavy atom. The number of unbranched alkanes of at least 4 members (excludes halogenated alkanes) is 2. The summed E-state index contributed by atoms with van der Waals surface area (Å²) in [6.45, 7) is 4.17. The summed E-state index contributed by atoms with van der Waals surface area (Å²) in [5, 5.41) is 9.89. The molecule has 0 spiro atoms. The molecule has 1 rings (SSSR count). The number of carbonyl (C=O) groups excluding carboxylic acids is 1. The van der Waals surface area contributed by atoms with Gasteiger partial charge in [-0.15, -0.1) is 11.8 Å². The highest BCUT2D eigenvalue weighted by Crippen LogP contribution is 2.26. The van der Waals surface area contributed by atoms with Crippen LogP contribution in [0, 0.1) is 17.8 Å². The zero-order valence-corrected chi connectivity index (χ0v) is 13.8. The number of hydrogen-bond donors (Lipinski definition) is 1. The topological polar surface area (TPSA) is 37.3 Å². The van der Waals surface area contributed by atoms with Crippen LogP contribution >= 0.6 is 0 Å². The molecular formula is C20H28O2.